The van der Waals surface area contributed by atoms with Crippen LogP contribution in [-0.4, -0.2) is 0 Å². The van der Waals surface area contributed by atoms with E-state index in [2.05, 4.69) is 6.92 Å². The maximum Gasteiger partial charge on any atom is 0.126 e. The molecule has 0 N–H and O–H groups in total. The van der Waals surface area contributed by atoms with Crippen molar-refractivity contribution in [2.75, 3.05) is 0 Å². The second kappa shape index (κ2) is 5.96. The van der Waals surface area contributed by atoms with E-state index in [9.17, 15) is 8.78 Å². The molecule has 2 rings (SSSR count). The SMILES string of the molecule is CCCC(c1cccc(F)c1)c1cccc(F)c1C. The maximum absolute atomic E-state index is 13.7. The molecule has 1 atom stereocenters. The molecule has 0 nitrogen and oxygen atoms in total. The van der Waals surface area contributed by atoms with Crippen LogP contribution in [0.25, 0.3) is 0 Å². The molecule has 100 valence electrons. The quantitative estimate of drug-likeness (QED) is 0.708. The Morgan fingerprint density at radius 1 is 1.05 bits per heavy atom. The first-order chi connectivity index (χ1) is 9.13. The summed E-state index contributed by atoms with van der Waals surface area (Å²) in [5.41, 5.74) is 2.52. The van der Waals surface area contributed by atoms with Crippen LogP contribution in [0.15, 0.2) is 42.5 Å². The van der Waals surface area contributed by atoms with Crippen molar-refractivity contribution in [1.82, 2.24) is 0 Å². The Bertz CT molecular complexity index is 561. The largest absolute Gasteiger partial charge is 0.207 e. The first kappa shape index (κ1) is 13.7. The monoisotopic (exact) mass is 260 g/mol. The van der Waals surface area contributed by atoms with E-state index >= 15 is 0 Å². The van der Waals surface area contributed by atoms with Gasteiger partial charge >= 0.3 is 0 Å². The fourth-order valence-corrected chi connectivity index (χ4v) is 2.52. The lowest BCUT2D eigenvalue weighted by molar-refractivity contribution is 0.603. The average Bonchev–Trinajstić information content (AvgIpc) is 2.40. The molecule has 2 aromatic carbocycles. The molecule has 0 aromatic heterocycles. The molecule has 1 unspecified atom stereocenters. The molecule has 0 bridgehead atoms. The van der Waals surface area contributed by atoms with E-state index in [4.69, 9.17) is 0 Å². The van der Waals surface area contributed by atoms with E-state index in [1.54, 1.807) is 25.1 Å². The molecular weight excluding hydrogens is 242 g/mol. The molecule has 0 amide bonds. The molecule has 0 aliphatic carbocycles. The summed E-state index contributed by atoms with van der Waals surface area (Å²) in [6.07, 6.45) is 1.85. The van der Waals surface area contributed by atoms with E-state index in [1.165, 1.54) is 12.1 Å². The maximum atomic E-state index is 13.7. The summed E-state index contributed by atoms with van der Waals surface area (Å²) in [4.78, 5) is 0. The van der Waals surface area contributed by atoms with Crippen molar-refractivity contribution in [3.8, 4) is 0 Å². The Balaban J connectivity index is 2.48. The molecule has 0 heterocycles. The van der Waals surface area contributed by atoms with Gasteiger partial charge in [-0.25, -0.2) is 8.78 Å². The number of hydrogen-bond acceptors (Lipinski definition) is 0. The smallest absolute Gasteiger partial charge is 0.126 e. The van der Waals surface area contributed by atoms with Crippen molar-refractivity contribution in [2.24, 2.45) is 0 Å². The third-order valence-electron chi connectivity index (χ3n) is 3.51. The summed E-state index contributed by atoms with van der Waals surface area (Å²) in [5, 5.41) is 0. The summed E-state index contributed by atoms with van der Waals surface area (Å²) in [6.45, 7) is 3.87. The predicted octanol–water partition coefficient (Wildman–Crippen LogP) is 5.21. The van der Waals surface area contributed by atoms with Gasteiger partial charge in [0.1, 0.15) is 11.6 Å². The van der Waals surface area contributed by atoms with Crippen LogP contribution < -0.4 is 0 Å². The molecule has 2 heteroatoms. The minimum atomic E-state index is -0.243. The van der Waals surface area contributed by atoms with Crippen LogP contribution in [0.2, 0.25) is 0 Å². The van der Waals surface area contributed by atoms with Crippen LogP contribution in [0.5, 0.6) is 0 Å². The Kier molecular flexibility index (Phi) is 4.31. The van der Waals surface area contributed by atoms with Crippen LogP contribution >= 0.6 is 0 Å². The molecule has 0 aliphatic rings. The standard InChI is InChI=1S/C17H18F2/c1-3-6-16(13-7-4-8-14(18)11-13)15-9-5-10-17(19)12(15)2/h4-5,7-11,16H,3,6H2,1-2H3. The third-order valence-corrected chi connectivity index (χ3v) is 3.51. The van der Waals surface area contributed by atoms with E-state index < -0.39 is 0 Å². The first-order valence-corrected chi connectivity index (χ1v) is 6.64. The summed E-state index contributed by atoms with van der Waals surface area (Å²) in [5.74, 6) is -0.390. The molecule has 0 saturated heterocycles. The highest BCUT2D eigenvalue weighted by Crippen LogP contribution is 2.32. The van der Waals surface area contributed by atoms with Gasteiger partial charge in [0, 0.05) is 5.92 Å². The number of hydrogen-bond donors (Lipinski definition) is 0. The van der Waals surface area contributed by atoms with Gasteiger partial charge in [-0.15, -0.1) is 0 Å². The zero-order chi connectivity index (χ0) is 13.8. The van der Waals surface area contributed by atoms with E-state index in [1.807, 2.05) is 12.1 Å². The topological polar surface area (TPSA) is 0 Å². The predicted molar refractivity (Wildman–Crippen MR) is 74.3 cm³/mol. The fraction of sp³-hybridized carbons (Fsp3) is 0.294. The van der Waals surface area contributed by atoms with Gasteiger partial charge in [0.15, 0.2) is 0 Å². The lowest BCUT2D eigenvalue weighted by Gasteiger charge is -2.20. The zero-order valence-electron chi connectivity index (χ0n) is 11.3. The van der Waals surface area contributed by atoms with Crippen molar-refractivity contribution in [1.29, 1.82) is 0 Å². The first-order valence-electron chi connectivity index (χ1n) is 6.64. The van der Waals surface area contributed by atoms with Crippen molar-refractivity contribution in [3.63, 3.8) is 0 Å². The minimum absolute atomic E-state index is 0.0522. The number of rotatable bonds is 4. The molecule has 0 saturated carbocycles. The highest BCUT2D eigenvalue weighted by atomic mass is 19.1. The fourth-order valence-electron chi connectivity index (χ4n) is 2.52. The molecule has 0 fully saturated rings. The highest BCUT2D eigenvalue weighted by Gasteiger charge is 2.17. The Morgan fingerprint density at radius 3 is 2.47 bits per heavy atom. The van der Waals surface area contributed by atoms with Gasteiger partial charge in [-0.2, -0.15) is 0 Å². The molecule has 19 heavy (non-hydrogen) atoms. The van der Waals surface area contributed by atoms with E-state index in [0.717, 1.165) is 24.0 Å². The van der Waals surface area contributed by atoms with E-state index in [-0.39, 0.29) is 17.6 Å². The van der Waals surface area contributed by atoms with Crippen LogP contribution in [0.3, 0.4) is 0 Å². The summed E-state index contributed by atoms with van der Waals surface area (Å²) in [7, 11) is 0. The normalized spacial score (nSPS) is 12.4. The molecule has 2 aromatic rings. The van der Waals surface area contributed by atoms with Gasteiger partial charge in [0.2, 0.25) is 0 Å². The van der Waals surface area contributed by atoms with Crippen molar-refractivity contribution in [3.05, 3.63) is 70.8 Å². The summed E-state index contributed by atoms with van der Waals surface area (Å²) in [6, 6.07) is 11.7. The average molecular weight is 260 g/mol. The lowest BCUT2D eigenvalue weighted by Crippen LogP contribution is -2.05. The van der Waals surface area contributed by atoms with Crippen LogP contribution in [0, 0.1) is 18.6 Å². The van der Waals surface area contributed by atoms with Gasteiger partial charge in [0.25, 0.3) is 0 Å². The van der Waals surface area contributed by atoms with Crippen LogP contribution in [0.4, 0.5) is 8.78 Å². The molecule has 0 aliphatic heterocycles. The molecule has 0 spiro atoms. The zero-order valence-corrected chi connectivity index (χ0v) is 11.3. The van der Waals surface area contributed by atoms with Gasteiger partial charge in [-0.1, -0.05) is 37.6 Å². The Morgan fingerprint density at radius 2 is 1.79 bits per heavy atom. The number of halogens is 2. The third kappa shape index (κ3) is 3.01. The minimum Gasteiger partial charge on any atom is -0.207 e. The summed E-state index contributed by atoms with van der Waals surface area (Å²) >= 11 is 0. The second-order valence-electron chi connectivity index (χ2n) is 4.85. The second-order valence-corrected chi connectivity index (χ2v) is 4.85. The Hall–Kier alpha value is -1.70. The van der Waals surface area contributed by atoms with Gasteiger partial charge in [-0.3, -0.25) is 0 Å². The highest BCUT2D eigenvalue weighted by molar-refractivity contribution is 5.38. The lowest BCUT2D eigenvalue weighted by atomic mass is 9.85. The van der Waals surface area contributed by atoms with E-state index in [0.29, 0.717) is 5.56 Å². The number of benzene rings is 2. The van der Waals surface area contributed by atoms with Crippen LogP contribution in [-0.2, 0) is 0 Å². The van der Waals surface area contributed by atoms with Gasteiger partial charge in [0.05, 0.1) is 0 Å². The Labute approximate surface area is 113 Å². The van der Waals surface area contributed by atoms with Gasteiger partial charge in [-0.05, 0) is 48.2 Å². The van der Waals surface area contributed by atoms with Crippen molar-refractivity contribution >= 4 is 0 Å². The van der Waals surface area contributed by atoms with Gasteiger partial charge < -0.3 is 0 Å². The van der Waals surface area contributed by atoms with Crippen LogP contribution in [0.1, 0.15) is 42.4 Å². The molecule has 0 radical (unpaired) electrons. The summed E-state index contributed by atoms with van der Waals surface area (Å²) < 4.78 is 27.1. The van der Waals surface area contributed by atoms with Crippen molar-refractivity contribution < 1.29 is 8.78 Å². The molecular formula is C17H18F2. The van der Waals surface area contributed by atoms with Crippen molar-refractivity contribution in [2.45, 2.75) is 32.6 Å².